The molecule has 0 saturated heterocycles. The van der Waals surface area contributed by atoms with Gasteiger partial charge in [0.15, 0.2) is 0 Å². The minimum absolute atomic E-state index is 0.124. The number of aromatic nitrogens is 2. The van der Waals surface area contributed by atoms with Crippen LogP contribution in [0.15, 0.2) is 24.3 Å². The van der Waals surface area contributed by atoms with Crippen molar-refractivity contribution in [3.8, 4) is 0 Å². The van der Waals surface area contributed by atoms with Gasteiger partial charge in [0.1, 0.15) is 0 Å². The molecule has 0 aliphatic heterocycles. The lowest BCUT2D eigenvalue weighted by Gasteiger charge is -2.07. The second-order valence-corrected chi connectivity index (χ2v) is 5.14. The molecule has 1 aromatic heterocycles. The number of nitrogens with zero attached hydrogens (tertiary/aromatic N) is 2. The van der Waals surface area contributed by atoms with Gasteiger partial charge in [-0.05, 0) is 18.9 Å². The third-order valence-electron chi connectivity index (χ3n) is 3.11. The Hall–Kier alpha value is -1.06. The minimum Gasteiger partial charge on any atom is -0.385 e. The Morgan fingerprint density at radius 3 is 2.94 bits per heavy atom. The molecule has 0 radical (unpaired) electrons. The Labute approximate surface area is 113 Å². The molecule has 0 aliphatic carbocycles. The van der Waals surface area contributed by atoms with Gasteiger partial charge in [-0.15, -0.1) is 11.6 Å². The third-order valence-corrected chi connectivity index (χ3v) is 3.49. The number of hydrogen-bond donors (Lipinski definition) is 0. The summed E-state index contributed by atoms with van der Waals surface area (Å²) in [6.07, 6.45) is 2.77. The van der Waals surface area contributed by atoms with E-state index < -0.39 is 0 Å². The highest BCUT2D eigenvalue weighted by Gasteiger charge is 2.12. The molecule has 1 unspecified atom stereocenters. The van der Waals surface area contributed by atoms with E-state index in [2.05, 4.69) is 17.2 Å². The average Bonchev–Trinajstić information content (AvgIpc) is 2.67. The predicted octanol–water partition coefficient (Wildman–Crippen LogP) is 3.15. The summed E-state index contributed by atoms with van der Waals surface area (Å²) < 4.78 is 6.96. The second-order valence-electron chi connectivity index (χ2n) is 4.52. The average molecular weight is 267 g/mol. The molecule has 98 valence electrons. The van der Waals surface area contributed by atoms with Gasteiger partial charge in [-0.2, -0.15) is 5.10 Å². The Morgan fingerprint density at radius 1 is 1.39 bits per heavy atom. The monoisotopic (exact) mass is 266 g/mol. The number of benzene rings is 1. The maximum atomic E-state index is 6.36. The molecule has 0 amide bonds. The maximum Gasteiger partial charge on any atom is 0.0717 e. The van der Waals surface area contributed by atoms with Crippen LogP contribution in [0.5, 0.6) is 0 Å². The van der Waals surface area contributed by atoms with Gasteiger partial charge < -0.3 is 4.74 Å². The molecule has 0 N–H and O–H groups in total. The van der Waals surface area contributed by atoms with Crippen LogP contribution in [0.1, 0.15) is 18.5 Å². The molecule has 2 rings (SSSR count). The van der Waals surface area contributed by atoms with E-state index in [0.29, 0.717) is 0 Å². The summed E-state index contributed by atoms with van der Waals surface area (Å²) in [6.45, 7) is 0.770. The van der Waals surface area contributed by atoms with Crippen LogP contribution in [0.25, 0.3) is 10.9 Å². The topological polar surface area (TPSA) is 27.1 Å². The molecule has 0 spiro atoms. The van der Waals surface area contributed by atoms with Crippen molar-refractivity contribution in [2.75, 3.05) is 13.7 Å². The van der Waals surface area contributed by atoms with Crippen LogP contribution in [0.3, 0.4) is 0 Å². The van der Waals surface area contributed by atoms with Crippen LogP contribution in [0.4, 0.5) is 0 Å². The zero-order valence-electron chi connectivity index (χ0n) is 10.9. The van der Waals surface area contributed by atoms with Crippen molar-refractivity contribution in [1.82, 2.24) is 9.78 Å². The fourth-order valence-electron chi connectivity index (χ4n) is 2.20. The van der Waals surface area contributed by atoms with Crippen molar-refractivity contribution < 1.29 is 4.74 Å². The number of halogens is 1. The molecular formula is C14H19ClN2O. The number of fused-ring (bicyclic) bond motifs is 1. The van der Waals surface area contributed by atoms with E-state index in [1.54, 1.807) is 7.11 Å². The fourth-order valence-corrected chi connectivity index (χ4v) is 2.50. The van der Waals surface area contributed by atoms with E-state index in [4.69, 9.17) is 16.3 Å². The second kappa shape index (κ2) is 6.21. The summed E-state index contributed by atoms with van der Waals surface area (Å²) in [7, 11) is 3.69. The van der Waals surface area contributed by atoms with Gasteiger partial charge in [-0.3, -0.25) is 4.68 Å². The third kappa shape index (κ3) is 3.03. The molecule has 2 aromatic rings. The molecular weight excluding hydrogens is 248 g/mol. The van der Waals surface area contributed by atoms with Crippen LogP contribution >= 0.6 is 11.6 Å². The Balaban J connectivity index is 2.07. The van der Waals surface area contributed by atoms with Gasteiger partial charge in [-0.25, -0.2) is 0 Å². The van der Waals surface area contributed by atoms with E-state index in [0.717, 1.165) is 37.1 Å². The van der Waals surface area contributed by atoms with Crippen molar-refractivity contribution in [1.29, 1.82) is 0 Å². The lowest BCUT2D eigenvalue weighted by Crippen LogP contribution is -2.06. The predicted molar refractivity (Wildman–Crippen MR) is 75.2 cm³/mol. The number of rotatable bonds is 6. The highest BCUT2D eigenvalue weighted by atomic mass is 35.5. The van der Waals surface area contributed by atoms with E-state index in [9.17, 15) is 0 Å². The molecule has 0 aliphatic rings. The molecule has 0 saturated carbocycles. The molecule has 1 aromatic carbocycles. The molecule has 4 heteroatoms. The quantitative estimate of drug-likeness (QED) is 0.593. The van der Waals surface area contributed by atoms with Crippen molar-refractivity contribution in [3.63, 3.8) is 0 Å². The van der Waals surface area contributed by atoms with Gasteiger partial charge in [-0.1, -0.05) is 18.2 Å². The highest BCUT2D eigenvalue weighted by molar-refractivity contribution is 6.20. The Kier molecular flexibility index (Phi) is 4.61. The number of aryl methyl sites for hydroxylation is 1. The van der Waals surface area contributed by atoms with Gasteiger partial charge in [0.05, 0.1) is 11.2 Å². The maximum absolute atomic E-state index is 6.36. The first-order valence-electron chi connectivity index (χ1n) is 6.26. The number of methoxy groups -OCH3 is 1. The van der Waals surface area contributed by atoms with Crippen molar-refractivity contribution in [3.05, 3.63) is 30.0 Å². The van der Waals surface area contributed by atoms with Crippen LogP contribution in [0, 0.1) is 0 Å². The Morgan fingerprint density at radius 2 is 2.17 bits per heavy atom. The number of para-hydroxylation sites is 1. The van der Waals surface area contributed by atoms with Gasteiger partial charge in [0, 0.05) is 37.9 Å². The fraction of sp³-hybridized carbons (Fsp3) is 0.500. The van der Waals surface area contributed by atoms with Crippen LogP contribution in [-0.2, 0) is 18.2 Å². The van der Waals surface area contributed by atoms with Crippen molar-refractivity contribution in [2.24, 2.45) is 7.05 Å². The first-order valence-corrected chi connectivity index (χ1v) is 6.69. The van der Waals surface area contributed by atoms with Gasteiger partial charge in [0.2, 0.25) is 0 Å². The Bertz CT molecular complexity index is 509. The van der Waals surface area contributed by atoms with Crippen LogP contribution in [0.2, 0.25) is 0 Å². The number of ether oxygens (including phenoxy) is 1. The summed E-state index contributed by atoms with van der Waals surface area (Å²) >= 11 is 6.36. The first kappa shape index (κ1) is 13.4. The largest absolute Gasteiger partial charge is 0.385 e. The minimum atomic E-state index is 0.124. The van der Waals surface area contributed by atoms with E-state index >= 15 is 0 Å². The van der Waals surface area contributed by atoms with Crippen LogP contribution in [-0.4, -0.2) is 28.9 Å². The molecule has 18 heavy (non-hydrogen) atoms. The number of alkyl halides is 1. The zero-order valence-corrected chi connectivity index (χ0v) is 11.7. The summed E-state index contributed by atoms with van der Waals surface area (Å²) in [5, 5.41) is 5.89. The molecule has 0 bridgehead atoms. The van der Waals surface area contributed by atoms with Crippen molar-refractivity contribution >= 4 is 22.5 Å². The zero-order chi connectivity index (χ0) is 13.0. The summed E-state index contributed by atoms with van der Waals surface area (Å²) in [6, 6.07) is 8.27. The SMILES string of the molecule is COCCCC(Cl)Cc1nn(C)c2ccccc12. The normalized spacial score (nSPS) is 13.1. The van der Waals surface area contributed by atoms with E-state index in [-0.39, 0.29) is 5.38 Å². The molecule has 1 atom stereocenters. The molecule has 3 nitrogen and oxygen atoms in total. The van der Waals surface area contributed by atoms with E-state index in [1.165, 1.54) is 5.39 Å². The van der Waals surface area contributed by atoms with Gasteiger partial charge >= 0.3 is 0 Å². The highest BCUT2D eigenvalue weighted by Crippen LogP contribution is 2.21. The molecule has 0 fully saturated rings. The first-order chi connectivity index (χ1) is 8.72. The summed E-state index contributed by atoms with van der Waals surface area (Å²) in [4.78, 5) is 0. The standard InChI is InChI=1S/C14H19ClN2O/c1-17-14-8-4-3-7-12(14)13(16-17)10-11(15)6-5-9-18-2/h3-4,7-8,11H,5-6,9-10H2,1-2H3. The summed E-state index contributed by atoms with van der Waals surface area (Å²) in [5.74, 6) is 0. The lowest BCUT2D eigenvalue weighted by atomic mass is 10.1. The van der Waals surface area contributed by atoms with Gasteiger partial charge in [0.25, 0.3) is 0 Å². The number of hydrogen-bond acceptors (Lipinski definition) is 2. The van der Waals surface area contributed by atoms with Crippen molar-refractivity contribution in [2.45, 2.75) is 24.6 Å². The van der Waals surface area contributed by atoms with Crippen LogP contribution < -0.4 is 0 Å². The molecule has 1 heterocycles. The summed E-state index contributed by atoms with van der Waals surface area (Å²) in [5.41, 5.74) is 2.25. The lowest BCUT2D eigenvalue weighted by molar-refractivity contribution is 0.192. The van der Waals surface area contributed by atoms with E-state index in [1.807, 2.05) is 23.9 Å². The smallest absolute Gasteiger partial charge is 0.0717 e.